The van der Waals surface area contributed by atoms with E-state index in [1.807, 2.05) is 13.0 Å². The molecule has 1 aliphatic rings. The number of aryl methyl sites for hydroxylation is 1. The van der Waals surface area contributed by atoms with E-state index in [1.165, 1.54) is 0 Å². The molecule has 1 aliphatic carbocycles. The highest BCUT2D eigenvalue weighted by molar-refractivity contribution is 6.18. The van der Waals surface area contributed by atoms with E-state index >= 15 is 0 Å². The zero-order chi connectivity index (χ0) is 13.9. The van der Waals surface area contributed by atoms with E-state index in [9.17, 15) is 4.79 Å². The van der Waals surface area contributed by atoms with Crippen LogP contribution in [0.15, 0.2) is 16.5 Å². The molecule has 0 spiro atoms. The van der Waals surface area contributed by atoms with Crippen LogP contribution in [0.4, 0.5) is 0 Å². The van der Waals surface area contributed by atoms with Crippen LogP contribution in [0.25, 0.3) is 0 Å². The number of alkyl halides is 1. The molecule has 0 saturated heterocycles. The average molecular weight is 284 g/mol. The Labute approximate surface area is 119 Å². The molecule has 1 heterocycles. The summed E-state index contributed by atoms with van der Waals surface area (Å²) in [5, 5.41) is 3.09. The van der Waals surface area contributed by atoms with Crippen molar-refractivity contribution in [2.24, 2.45) is 5.92 Å². The minimum Gasteiger partial charge on any atom is -0.456 e. The summed E-state index contributed by atoms with van der Waals surface area (Å²) in [5.74, 6) is 2.27. The number of nitrogens with one attached hydrogen (secondary N) is 1. The summed E-state index contributed by atoms with van der Waals surface area (Å²) >= 11 is 6.10. The fourth-order valence-corrected chi connectivity index (χ4v) is 2.93. The molecule has 2 rings (SSSR count). The first-order chi connectivity index (χ1) is 9.08. The Kier molecular flexibility index (Phi) is 4.56. The first kappa shape index (κ1) is 14.4. The predicted molar refractivity (Wildman–Crippen MR) is 76.6 cm³/mol. The molecule has 0 radical (unpaired) electrons. The van der Waals surface area contributed by atoms with E-state index in [0.717, 1.165) is 43.8 Å². The van der Waals surface area contributed by atoms with Gasteiger partial charge in [-0.1, -0.05) is 13.8 Å². The summed E-state index contributed by atoms with van der Waals surface area (Å²) in [7, 11) is 0. The summed E-state index contributed by atoms with van der Waals surface area (Å²) in [4.78, 5) is 12.2. The third-order valence-electron chi connectivity index (χ3n) is 4.10. The van der Waals surface area contributed by atoms with Crippen molar-refractivity contribution in [3.05, 3.63) is 23.7 Å². The minimum absolute atomic E-state index is 0.144. The van der Waals surface area contributed by atoms with Crippen molar-refractivity contribution in [3.8, 4) is 0 Å². The molecule has 1 amide bonds. The second kappa shape index (κ2) is 6.00. The van der Waals surface area contributed by atoms with Gasteiger partial charge in [-0.05, 0) is 43.7 Å². The highest BCUT2D eigenvalue weighted by Crippen LogP contribution is 2.33. The second-order valence-corrected chi connectivity index (χ2v) is 5.94. The standard InChI is InChI=1S/C15H22ClNO2/c1-3-12-4-5-13(19-12)14(18)17-15(10-16)8-6-11(2)7-9-15/h4-5,11H,3,6-10H2,1-2H3,(H,17,18). The van der Waals surface area contributed by atoms with Crippen LogP contribution in [0, 0.1) is 5.92 Å². The summed E-state index contributed by atoms with van der Waals surface area (Å²) in [6.45, 7) is 4.25. The topological polar surface area (TPSA) is 42.2 Å². The molecule has 1 saturated carbocycles. The fraction of sp³-hybridized carbons (Fsp3) is 0.667. The van der Waals surface area contributed by atoms with Gasteiger partial charge in [-0.2, -0.15) is 0 Å². The maximum absolute atomic E-state index is 12.2. The van der Waals surface area contributed by atoms with Crippen LogP contribution in [0.5, 0.6) is 0 Å². The molecule has 1 N–H and O–H groups in total. The van der Waals surface area contributed by atoms with Crippen molar-refractivity contribution in [3.63, 3.8) is 0 Å². The molecular formula is C15H22ClNO2. The van der Waals surface area contributed by atoms with Crippen LogP contribution in [0.2, 0.25) is 0 Å². The predicted octanol–water partition coefficient (Wildman–Crippen LogP) is 3.76. The van der Waals surface area contributed by atoms with Gasteiger partial charge in [0.25, 0.3) is 5.91 Å². The van der Waals surface area contributed by atoms with E-state index in [2.05, 4.69) is 12.2 Å². The minimum atomic E-state index is -0.260. The lowest BCUT2D eigenvalue weighted by molar-refractivity contribution is 0.0842. The van der Waals surface area contributed by atoms with Crippen molar-refractivity contribution >= 4 is 17.5 Å². The molecule has 4 heteroatoms. The molecule has 0 aliphatic heterocycles. The number of hydrogen-bond donors (Lipinski definition) is 1. The van der Waals surface area contributed by atoms with Gasteiger partial charge >= 0.3 is 0 Å². The Morgan fingerprint density at radius 2 is 2.16 bits per heavy atom. The number of carbonyl (C=O) groups is 1. The fourth-order valence-electron chi connectivity index (χ4n) is 2.60. The average Bonchev–Trinajstić information content (AvgIpc) is 2.91. The van der Waals surface area contributed by atoms with E-state index in [-0.39, 0.29) is 11.4 Å². The number of amides is 1. The summed E-state index contributed by atoms with van der Waals surface area (Å²) in [5.41, 5.74) is -0.260. The van der Waals surface area contributed by atoms with Gasteiger partial charge in [0, 0.05) is 12.3 Å². The molecule has 1 aromatic rings. The molecule has 1 fully saturated rings. The van der Waals surface area contributed by atoms with Gasteiger partial charge in [-0.3, -0.25) is 4.79 Å². The van der Waals surface area contributed by atoms with E-state index < -0.39 is 0 Å². The highest BCUT2D eigenvalue weighted by atomic mass is 35.5. The second-order valence-electron chi connectivity index (χ2n) is 5.67. The van der Waals surface area contributed by atoms with Crippen molar-refractivity contribution in [2.75, 3.05) is 5.88 Å². The van der Waals surface area contributed by atoms with Crippen molar-refractivity contribution in [1.29, 1.82) is 0 Å². The molecule has 0 bridgehead atoms. The van der Waals surface area contributed by atoms with Crippen molar-refractivity contribution in [2.45, 2.75) is 51.5 Å². The number of carbonyl (C=O) groups excluding carboxylic acids is 1. The van der Waals surface area contributed by atoms with E-state index in [1.54, 1.807) is 6.07 Å². The van der Waals surface area contributed by atoms with Crippen LogP contribution in [-0.4, -0.2) is 17.3 Å². The Hall–Kier alpha value is -0.960. The monoisotopic (exact) mass is 283 g/mol. The van der Waals surface area contributed by atoms with Crippen LogP contribution in [0.1, 0.15) is 55.8 Å². The molecule has 1 aromatic heterocycles. The van der Waals surface area contributed by atoms with Crippen LogP contribution in [0.3, 0.4) is 0 Å². The van der Waals surface area contributed by atoms with Crippen LogP contribution >= 0.6 is 11.6 Å². The molecule has 0 unspecified atom stereocenters. The Morgan fingerprint density at radius 3 is 2.68 bits per heavy atom. The van der Waals surface area contributed by atoms with Gasteiger partial charge in [-0.15, -0.1) is 11.6 Å². The Bertz CT molecular complexity index is 433. The van der Waals surface area contributed by atoms with Gasteiger partial charge in [0.2, 0.25) is 0 Å². The molecule has 106 valence electrons. The van der Waals surface area contributed by atoms with Gasteiger partial charge in [0.15, 0.2) is 5.76 Å². The van der Waals surface area contributed by atoms with Crippen molar-refractivity contribution < 1.29 is 9.21 Å². The maximum atomic E-state index is 12.2. The van der Waals surface area contributed by atoms with Gasteiger partial charge in [0.05, 0.1) is 5.54 Å². The van der Waals surface area contributed by atoms with Gasteiger partial charge in [0.1, 0.15) is 5.76 Å². The number of rotatable bonds is 4. The highest BCUT2D eigenvalue weighted by Gasteiger charge is 2.35. The maximum Gasteiger partial charge on any atom is 0.287 e. The summed E-state index contributed by atoms with van der Waals surface area (Å²) in [6, 6.07) is 3.59. The third kappa shape index (κ3) is 3.33. The Morgan fingerprint density at radius 1 is 1.47 bits per heavy atom. The molecule has 19 heavy (non-hydrogen) atoms. The van der Waals surface area contributed by atoms with E-state index in [0.29, 0.717) is 11.6 Å². The number of halogens is 1. The lowest BCUT2D eigenvalue weighted by Gasteiger charge is -2.38. The third-order valence-corrected chi connectivity index (χ3v) is 4.61. The van der Waals surface area contributed by atoms with Crippen LogP contribution < -0.4 is 5.32 Å². The smallest absolute Gasteiger partial charge is 0.287 e. The zero-order valence-corrected chi connectivity index (χ0v) is 12.4. The first-order valence-corrected chi connectivity index (χ1v) is 7.59. The lowest BCUT2D eigenvalue weighted by Crippen LogP contribution is -2.52. The number of hydrogen-bond acceptors (Lipinski definition) is 2. The van der Waals surface area contributed by atoms with Gasteiger partial charge < -0.3 is 9.73 Å². The van der Waals surface area contributed by atoms with E-state index in [4.69, 9.17) is 16.0 Å². The van der Waals surface area contributed by atoms with Crippen LogP contribution in [-0.2, 0) is 6.42 Å². The molecular weight excluding hydrogens is 262 g/mol. The Balaban J connectivity index is 2.03. The first-order valence-electron chi connectivity index (χ1n) is 7.06. The molecule has 0 atom stereocenters. The number of furan rings is 1. The zero-order valence-electron chi connectivity index (χ0n) is 11.7. The quantitative estimate of drug-likeness (QED) is 0.855. The SMILES string of the molecule is CCc1ccc(C(=O)NC2(CCl)CCC(C)CC2)o1. The summed E-state index contributed by atoms with van der Waals surface area (Å²) < 4.78 is 5.49. The lowest BCUT2D eigenvalue weighted by atomic mass is 9.78. The molecule has 3 nitrogen and oxygen atoms in total. The normalized spacial score (nSPS) is 27.2. The van der Waals surface area contributed by atoms with Gasteiger partial charge in [-0.25, -0.2) is 0 Å². The van der Waals surface area contributed by atoms with Crippen molar-refractivity contribution in [1.82, 2.24) is 5.32 Å². The largest absolute Gasteiger partial charge is 0.456 e. The molecule has 0 aromatic carbocycles. The summed E-state index contributed by atoms with van der Waals surface area (Å²) in [6.07, 6.45) is 4.93.